The van der Waals surface area contributed by atoms with Crippen LogP contribution in [-0.2, 0) is 0 Å². The second kappa shape index (κ2) is 5.35. The van der Waals surface area contributed by atoms with Gasteiger partial charge >= 0.3 is 0 Å². The Balaban J connectivity index is 2.90. The zero-order valence-corrected chi connectivity index (χ0v) is 9.69. The van der Waals surface area contributed by atoms with Gasteiger partial charge in [-0.05, 0) is 18.2 Å². The third-order valence-electron chi connectivity index (χ3n) is 2.18. The van der Waals surface area contributed by atoms with Gasteiger partial charge in [0.2, 0.25) is 0 Å². The molecule has 0 radical (unpaired) electrons. The molecule has 86 valence electrons. The minimum absolute atomic E-state index is 0.0284. The zero-order valence-electron chi connectivity index (χ0n) is 9.69. The molecule has 3 heteroatoms. The van der Waals surface area contributed by atoms with Crippen molar-refractivity contribution in [1.29, 1.82) is 0 Å². The number of ketones is 1. The molecule has 0 aromatic heterocycles. The van der Waals surface area contributed by atoms with Gasteiger partial charge in [0, 0.05) is 11.5 Å². The topological polar surface area (TPSA) is 52.3 Å². The third kappa shape index (κ3) is 2.86. The van der Waals surface area contributed by atoms with Crippen molar-refractivity contribution in [3.05, 3.63) is 36.4 Å². The average molecular weight is 219 g/mol. The fourth-order valence-corrected chi connectivity index (χ4v) is 1.32. The Labute approximate surface area is 95.9 Å². The number of ether oxygens (including phenoxy) is 1. The van der Waals surface area contributed by atoms with Crippen molar-refractivity contribution in [3.63, 3.8) is 0 Å². The quantitative estimate of drug-likeness (QED) is 0.470. The van der Waals surface area contributed by atoms with Gasteiger partial charge in [0.1, 0.15) is 12.4 Å². The van der Waals surface area contributed by atoms with Crippen molar-refractivity contribution in [2.75, 3.05) is 12.3 Å². The Hall–Kier alpha value is -1.77. The molecule has 0 aliphatic heterocycles. The van der Waals surface area contributed by atoms with Gasteiger partial charge in [-0.25, -0.2) is 0 Å². The lowest BCUT2D eigenvalue weighted by Crippen LogP contribution is -2.08. The Bertz CT molecular complexity index is 397. The molecule has 0 atom stereocenters. The number of benzene rings is 1. The standard InChI is InChI=1S/C13H17NO2/c1-4-7-16-12-6-5-10(8-11(12)14)13(15)9(2)3/h4-6,8-9H,1,7,14H2,2-3H3. The van der Waals surface area contributed by atoms with Crippen molar-refractivity contribution in [3.8, 4) is 5.75 Å². The maximum atomic E-state index is 11.7. The van der Waals surface area contributed by atoms with Crippen molar-refractivity contribution < 1.29 is 9.53 Å². The predicted molar refractivity (Wildman–Crippen MR) is 65.7 cm³/mol. The van der Waals surface area contributed by atoms with Gasteiger partial charge in [0.25, 0.3) is 0 Å². The molecule has 0 aliphatic carbocycles. The second-order valence-electron chi connectivity index (χ2n) is 3.87. The van der Waals surface area contributed by atoms with E-state index in [0.29, 0.717) is 23.6 Å². The maximum Gasteiger partial charge on any atom is 0.165 e. The summed E-state index contributed by atoms with van der Waals surface area (Å²) in [7, 11) is 0. The molecule has 0 fully saturated rings. The molecule has 0 amide bonds. The first-order valence-electron chi connectivity index (χ1n) is 5.23. The molecular weight excluding hydrogens is 202 g/mol. The fourth-order valence-electron chi connectivity index (χ4n) is 1.32. The van der Waals surface area contributed by atoms with Crippen molar-refractivity contribution in [2.24, 2.45) is 5.92 Å². The van der Waals surface area contributed by atoms with Crippen LogP contribution in [0.4, 0.5) is 5.69 Å². The lowest BCUT2D eigenvalue weighted by molar-refractivity contribution is 0.0939. The molecule has 0 heterocycles. The van der Waals surface area contributed by atoms with Crippen LogP contribution < -0.4 is 10.5 Å². The third-order valence-corrected chi connectivity index (χ3v) is 2.18. The summed E-state index contributed by atoms with van der Waals surface area (Å²) in [6.45, 7) is 7.68. The highest BCUT2D eigenvalue weighted by Crippen LogP contribution is 2.23. The summed E-state index contributed by atoms with van der Waals surface area (Å²) in [4.78, 5) is 11.7. The highest BCUT2D eigenvalue weighted by Gasteiger charge is 2.12. The average Bonchev–Trinajstić information content (AvgIpc) is 2.26. The van der Waals surface area contributed by atoms with Gasteiger partial charge < -0.3 is 10.5 Å². The number of hydrogen-bond acceptors (Lipinski definition) is 3. The van der Waals surface area contributed by atoms with E-state index in [1.807, 2.05) is 13.8 Å². The summed E-state index contributed by atoms with van der Waals surface area (Å²) < 4.78 is 5.33. The van der Waals surface area contributed by atoms with Crippen LogP contribution in [0.15, 0.2) is 30.9 Å². The number of rotatable bonds is 5. The van der Waals surface area contributed by atoms with Crippen LogP contribution in [0.2, 0.25) is 0 Å². The first-order valence-corrected chi connectivity index (χ1v) is 5.23. The largest absolute Gasteiger partial charge is 0.487 e. The van der Waals surface area contributed by atoms with E-state index in [2.05, 4.69) is 6.58 Å². The maximum absolute atomic E-state index is 11.7. The summed E-state index contributed by atoms with van der Waals surface area (Å²) in [5.41, 5.74) is 6.89. The molecule has 0 aliphatic rings. The van der Waals surface area contributed by atoms with Crippen LogP contribution >= 0.6 is 0 Å². The molecule has 0 unspecified atom stereocenters. The van der Waals surface area contributed by atoms with Crippen LogP contribution in [0.25, 0.3) is 0 Å². The second-order valence-corrected chi connectivity index (χ2v) is 3.87. The van der Waals surface area contributed by atoms with E-state index in [1.165, 1.54) is 0 Å². The van der Waals surface area contributed by atoms with Gasteiger partial charge in [-0.3, -0.25) is 4.79 Å². The first-order chi connectivity index (χ1) is 7.56. The number of nitrogen functional groups attached to an aromatic ring is 1. The molecule has 0 saturated carbocycles. The predicted octanol–water partition coefficient (Wildman–Crippen LogP) is 2.67. The Morgan fingerprint density at radius 2 is 2.25 bits per heavy atom. The molecular formula is C13H17NO2. The lowest BCUT2D eigenvalue weighted by Gasteiger charge is -2.09. The van der Waals surface area contributed by atoms with E-state index in [0.717, 1.165) is 0 Å². The van der Waals surface area contributed by atoms with Crippen molar-refractivity contribution in [1.82, 2.24) is 0 Å². The Morgan fingerprint density at radius 3 is 2.75 bits per heavy atom. The number of Topliss-reactive ketones (excluding diaryl/α,β-unsaturated/α-hetero) is 1. The fraction of sp³-hybridized carbons (Fsp3) is 0.308. The summed E-state index contributed by atoms with van der Waals surface area (Å²) in [5.74, 6) is 0.640. The molecule has 0 spiro atoms. The van der Waals surface area contributed by atoms with E-state index in [-0.39, 0.29) is 11.7 Å². The van der Waals surface area contributed by atoms with Gasteiger partial charge in [-0.15, -0.1) is 0 Å². The Kier molecular flexibility index (Phi) is 4.11. The summed E-state index contributed by atoms with van der Waals surface area (Å²) in [6.07, 6.45) is 1.65. The van der Waals surface area contributed by atoms with Gasteiger partial charge in [0.15, 0.2) is 5.78 Å². The molecule has 0 bridgehead atoms. The molecule has 3 nitrogen and oxygen atoms in total. The number of carbonyl (C=O) groups excluding carboxylic acids is 1. The number of hydrogen-bond donors (Lipinski definition) is 1. The molecule has 1 aromatic rings. The van der Waals surface area contributed by atoms with Crippen molar-refractivity contribution >= 4 is 11.5 Å². The SMILES string of the molecule is C=CCOc1ccc(C(=O)C(C)C)cc1N. The van der Waals surface area contributed by atoms with E-state index in [9.17, 15) is 4.79 Å². The van der Waals surface area contributed by atoms with Crippen LogP contribution in [0, 0.1) is 5.92 Å². The normalized spacial score (nSPS) is 10.2. The summed E-state index contributed by atoms with van der Waals surface area (Å²) in [6, 6.07) is 5.10. The smallest absolute Gasteiger partial charge is 0.165 e. The molecule has 0 saturated heterocycles. The minimum atomic E-state index is -0.0284. The highest BCUT2D eigenvalue weighted by molar-refractivity contribution is 5.98. The zero-order chi connectivity index (χ0) is 12.1. The first kappa shape index (κ1) is 12.3. The van der Waals surface area contributed by atoms with Gasteiger partial charge in [-0.2, -0.15) is 0 Å². The highest BCUT2D eigenvalue weighted by atomic mass is 16.5. The monoisotopic (exact) mass is 219 g/mol. The van der Waals surface area contributed by atoms with E-state index in [4.69, 9.17) is 10.5 Å². The number of nitrogens with two attached hydrogens (primary N) is 1. The molecule has 16 heavy (non-hydrogen) atoms. The molecule has 1 aromatic carbocycles. The van der Waals surface area contributed by atoms with E-state index >= 15 is 0 Å². The lowest BCUT2D eigenvalue weighted by atomic mass is 10.0. The van der Waals surface area contributed by atoms with E-state index < -0.39 is 0 Å². The van der Waals surface area contributed by atoms with Crippen LogP contribution in [0.1, 0.15) is 24.2 Å². The summed E-state index contributed by atoms with van der Waals surface area (Å²) >= 11 is 0. The number of anilines is 1. The molecule has 2 N–H and O–H groups in total. The van der Waals surface area contributed by atoms with Gasteiger partial charge in [-0.1, -0.05) is 26.5 Å². The number of carbonyl (C=O) groups is 1. The summed E-state index contributed by atoms with van der Waals surface area (Å²) in [5, 5.41) is 0. The van der Waals surface area contributed by atoms with Crippen LogP contribution in [-0.4, -0.2) is 12.4 Å². The van der Waals surface area contributed by atoms with Crippen LogP contribution in [0.3, 0.4) is 0 Å². The van der Waals surface area contributed by atoms with E-state index in [1.54, 1.807) is 24.3 Å². The van der Waals surface area contributed by atoms with Crippen molar-refractivity contribution in [2.45, 2.75) is 13.8 Å². The molecule has 1 rings (SSSR count). The van der Waals surface area contributed by atoms with Gasteiger partial charge in [0.05, 0.1) is 5.69 Å². The van der Waals surface area contributed by atoms with Crippen LogP contribution in [0.5, 0.6) is 5.75 Å². The Morgan fingerprint density at radius 1 is 1.56 bits per heavy atom. The minimum Gasteiger partial charge on any atom is -0.487 e.